The molecule has 0 N–H and O–H groups in total. The molecule has 1 aromatic heterocycles. The third-order valence-electron chi connectivity index (χ3n) is 6.09. The Labute approximate surface area is 198 Å². The quantitative estimate of drug-likeness (QED) is 0.271. The summed E-state index contributed by atoms with van der Waals surface area (Å²) in [5, 5.41) is 4.96. The Morgan fingerprint density at radius 2 is 1.62 bits per heavy atom. The third-order valence-corrected chi connectivity index (χ3v) is 7.30. The second-order valence-corrected chi connectivity index (χ2v) is 12.9. The largest absolute Gasteiger partial charge is 0.256 e. The van der Waals surface area contributed by atoms with E-state index in [0.717, 1.165) is 23.9 Å². The summed E-state index contributed by atoms with van der Waals surface area (Å²) < 4.78 is 8.48. The first-order valence-corrected chi connectivity index (χ1v) is 12.4. The fourth-order valence-corrected chi connectivity index (χ4v) is 6.28. The molecule has 0 saturated carbocycles. The molecule has 0 bridgehead atoms. The van der Waals surface area contributed by atoms with Gasteiger partial charge < -0.3 is 0 Å². The van der Waals surface area contributed by atoms with Gasteiger partial charge in [-0.3, -0.25) is 4.98 Å². The van der Waals surface area contributed by atoms with Crippen molar-refractivity contribution < 1.29 is 1.37 Å². The van der Waals surface area contributed by atoms with Crippen molar-refractivity contribution in [2.75, 3.05) is 0 Å². The van der Waals surface area contributed by atoms with E-state index in [-0.39, 0.29) is 10.8 Å². The number of fused-ring (bicyclic) bond motifs is 3. The van der Waals surface area contributed by atoms with E-state index in [9.17, 15) is 0 Å². The first-order valence-electron chi connectivity index (χ1n) is 12.1. The molecule has 1 nitrogen and oxygen atoms in total. The predicted octanol–water partition coefficient (Wildman–Crippen LogP) is 9.01. The van der Waals surface area contributed by atoms with Gasteiger partial charge in [-0.1, -0.05) is 83.1 Å². The highest BCUT2D eigenvalue weighted by atomic mass is 32.2. The molecule has 0 radical (unpaired) electrons. The lowest BCUT2D eigenvalue weighted by molar-refractivity contribution is 0.410. The number of rotatable bonds is 2. The van der Waals surface area contributed by atoms with Gasteiger partial charge in [0.25, 0.3) is 0 Å². The average molecular weight is 441 g/mol. The van der Waals surface area contributed by atoms with Gasteiger partial charge >= 0.3 is 0 Å². The predicted molar refractivity (Wildman–Crippen MR) is 140 cm³/mol. The molecule has 2 heterocycles. The summed E-state index contributed by atoms with van der Waals surface area (Å²) in [5.41, 5.74) is 6.57. The van der Waals surface area contributed by atoms with Crippen LogP contribution in [0.2, 0.25) is 0 Å². The van der Waals surface area contributed by atoms with E-state index in [1.54, 1.807) is 0 Å². The van der Waals surface area contributed by atoms with Gasteiger partial charge in [0.15, 0.2) is 0 Å². The van der Waals surface area contributed by atoms with E-state index < -0.39 is 0 Å². The van der Waals surface area contributed by atoms with Gasteiger partial charge in [0.2, 0.25) is 0 Å². The van der Waals surface area contributed by atoms with E-state index >= 15 is 0 Å². The molecule has 0 amide bonds. The van der Waals surface area contributed by atoms with Crippen LogP contribution in [0.4, 0.5) is 0 Å². The highest BCUT2D eigenvalue weighted by Crippen LogP contribution is 2.51. The molecule has 32 heavy (non-hydrogen) atoms. The lowest BCUT2D eigenvalue weighted by Crippen LogP contribution is -2.12. The molecule has 0 aliphatic carbocycles. The fourth-order valence-electron chi connectivity index (χ4n) is 4.97. The third kappa shape index (κ3) is 3.94. The van der Waals surface area contributed by atoms with Crippen LogP contribution in [0.1, 0.15) is 59.6 Å². The number of aromatic nitrogens is 1. The zero-order chi connectivity index (χ0) is 23.7. The summed E-state index contributed by atoms with van der Waals surface area (Å²) in [6, 6.07) is 15.7. The first-order chi connectivity index (χ1) is 15.4. The van der Waals surface area contributed by atoms with Crippen molar-refractivity contribution in [3.05, 3.63) is 65.3 Å². The zero-order valence-corrected chi connectivity index (χ0v) is 21.1. The standard InChI is InChI=1S/C30H33NS/c1-18-8-9-22-21(12-18)15-23-27-26-20(10-11-31-27)13-19(16-29(2,3)4)14-25(26)32-28(23)24(22)17-30(5,6)7/h8-15H,16-17H2,1-7H3/i11D. The summed E-state index contributed by atoms with van der Waals surface area (Å²) >= 11 is 1.91. The van der Waals surface area contributed by atoms with Gasteiger partial charge in [-0.2, -0.15) is 0 Å². The maximum Gasteiger partial charge on any atom is 0.0840 e. The first kappa shape index (κ1) is 20.3. The van der Waals surface area contributed by atoms with Crippen LogP contribution in [0.15, 0.2) is 58.4 Å². The molecule has 0 unspecified atom stereocenters. The SMILES string of the molecule is [2H]c1cc2cc(CC(C)(C)C)cc3c2c(n1)-c1cc2cc(C)ccc2c(CC(C)(C)C)c1S3. The topological polar surface area (TPSA) is 12.9 Å². The lowest BCUT2D eigenvalue weighted by Gasteiger charge is -2.28. The maximum absolute atomic E-state index is 8.48. The maximum atomic E-state index is 8.48. The Morgan fingerprint density at radius 1 is 0.875 bits per heavy atom. The fraction of sp³-hybridized carbons (Fsp3) is 0.367. The van der Waals surface area contributed by atoms with Gasteiger partial charge in [0, 0.05) is 26.9 Å². The minimum absolute atomic E-state index is 0.169. The Hall–Kier alpha value is -2.32. The molecular formula is C30H33NS. The summed E-state index contributed by atoms with van der Waals surface area (Å²) in [7, 11) is 0. The summed E-state index contributed by atoms with van der Waals surface area (Å²) in [6.45, 7) is 16.0. The van der Waals surface area contributed by atoms with E-state index in [0.29, 0.717) is 6.17 Å². The number of hydrogen-bond donors (Lipinski definition) is 0. The molecule has 0 atom stereocenters. The molecule has 5 rings (SSSR count). The highest BCUT2D eigenvalue weighted by Gasteiger charge is 2.27. The van der Waals surface area contributed by atoms with Crippen LogP contribution in [-0.2, 0) is 12.8 Å². The Balaban J connectivity index is 1.84. The molecule has 3 aromatic carbocycles. The van der Waals surface area contributed by atoms with Crippen LogP contribution in [0.25, 0.3) is 32.8 Å². The summed E-state index contributed by atoms with van der Waals surface area (Å²) in [6.07, 6.45) is 2.36. The van der Waals surface area contributed by atoms with E-state index in [1.165, 1.54) is 48.2 Å². The van der Waals surface area contributed by atoms with Crippen LogP contribution in [0.5, 0.6) is 0 Å². The van der Waals surface area contributed by atoms with E-state index in [2.05, 4.69) is 84.9 Å². The van der Waals surface area contributed by atoms with Crippen molar-refractivity contribution in [3.8, 4) is 11.3 Å². The van der Waals surface area contributed by atoms with Crippen molar-refractivity contribution in [3.63, 3.8) is 0 Å². The minimum atomic E-state index is 0.169. The molecule has 0 fully saturated rings. The van der Waals surface area contributed by atoms with E-state index in [1.807, 2.05) is 17.8 Å². The van der Waals surface area contributed by atoms with E-state index in [4.69, 9.17) is 6.35 Å². The van der Waals surface area contributed by atoms with Crippen molar-refractivity contribution in [1.82, 2.24) is 4.98 Å². The number of pyridine rings is 1. The van der Waals surface area contributed by atoms with Gasteiger partial charge in [0.05, 0.1) is 7.06 Å². The molecule has 4 aromatic rings. The smallest absolute Gasteiger partial charge is 0.0840 e. The van der Waals surface area contributed by atoms with Crippen molar-refractivity contribution in [1.29, 1.82) is 0 Å². The van der Waals surface area contributed by atoms with Crippen molar-refractivity contribution in [2.45, 2.75) is 71.1 Å². The molecule has 2 heteroatoms. The van der Waals surface area contributed by atoms with Crippen molar-refractivity contribution >= 4 is 33.3 Å². The Morgan fingerprint density at radius 3 is 2.34 bits per heavy atom. The number of nitrogens with zero attached hydrogens (tertiary/aromatic N) is 1. The van der Waals surface area contributed by atoms with Crippen LogP contribution in [0.3, 0.4) is 0 Å². The van der Waals surface area contributed by atoms with Crippen LogP contribution in [0, 0.1) is 17.8 Å². The molecule has 1 aliphatic rings. The molecule has 0 saturated heterocycles. The monoisotopic (exact) mass is 440 g/mol. The summed E-state index contributed by atoms with van der Waals surface area (Å²) in [4.78, 5) is 7.40. The number of benzene rings is 3. The van der Waals surface area contributed by atoms with Crippen LogP contribution >= 0.6 is 11.8 Å². The Kier molecular flexibility index (Phi) is 4.66. The van der Waals surface area contributed by atoms with Gasteiger partial charge in [-0.15, -0.1) is 0 Å². The number of hydrogen-bond acceptors (Lipinski definition) is 2. The average Bonchev–Trinajstić information content (AvgIpc) is 2.65. The van der Waals surface area contributed by atoms with Crippen LogP contribution < -0.4 is 0 Å². The summed E-state index contributed by atoms with van der Waals surface area (Å²) in [5.74, 6) is 0. The normalized spacial score (nSPS) is 14.0. The van der Waals surface area contributed by atoms with Gasteiger partial charge in [-0.05, 0) is 76.1 Å². The Bertz CT molecular complexity index is 1420. The van der Waals surface area contributed by atoms with Crippen molar-refractivity contribution in [2.24, 2.45) is 10.8 Å². The molecule has 164 valence electrons. The van der Waals surface area contributed by atoms with Gasteiger partial charge in [0.1, 0.15) is 0 Å². The second kappa shape index (κ2) is 7.35. The molecule has 0 spiro atoms. The molecule has 1 aliphatic heterocycles. The molecular weight excluding hydrogens is 406 g/mol. The highest BCUT2D eigenvalue weighted by molar-refractivity contribution is 7.99. The zero-order valence-electron chi connectivity index (χ0n) is 21.3. The second-order valence-electron chi connectivity index (χ2n) is 11.8. The van der Waals surface area contributed by atoms with Crippen LogP contribution in [-0.4, -0.2) is 4.98 Å². The lowest BCUT2D eigenvalue weighted by atomic mass is 9.84. The minimum Gasteiger partial charge on any atom is -0.256 e. The number of aryl methyl sites for hydroxylation is 1. The van der Waals surface area contributed by atoms with Gasteiger partial charge in [-0.25, -0.2) is 0 Å².